The van der Waals surface area contributed by atoms with Crippen LogP contribution in [0.5, 0.6) is 5.75 Å². The van der Waals surface area contributed by atoms with Crippen LogP contribution < -0.4 is 5.32 Å². The molecule has 0 aromatic heterocycles. The van der Waals surface area contributed by atoms with Crippen molar-refractivity contribution in [2.75, 3.05) is 6.61 Å². The van der Waals surface area contributed by atoms with Crippen LogP contribution in [0.2, 0.25) is 0 Å². The number of nitrogens with one attached hydrogen (secondary N) is 1. The standard InChI is InChI=1S/C13H16F3NO3/c1-6(2)3-7(5-18)17-13(20)8-4-9(14)11(16)12(19)10(8)15/h4,6-7,18-19H,3,5H2,1-2H3,(H,17,20). The third-order valence-electron chi connectivity index (χ3n) is 2.69. The maximum absolute atomic E-state index is 13.5. The molecule has 0 radical (unpaired) electrons. The van der Waals surface area contributed by atoms with Gasteiger partial charge in [0.2, 0.25) is 5.82 Å². The molecule has 1 rings (SSSR count). The Balaban J connectivity index is 2.98. The van der Waals surface area contributed by atoms with Crippen LogP contribution in [0, 0.1) is 23.4 Å². The van der Waals surface area contributed by atoms with Crippen molar-refractivity contribution >= 4 is 5.91 Å². The summed E-state index contributed by atoms with van der Waals surface area (Å²) in [6.45, 7) is 3.35. The maximum Gasteiger partial charge on any atom is 0.254 e. The van der Waals surface area contributed by atoms with Crippen LogP contribution >= 0.6 is 0 Å². The van der Waals surface area contributed by atoms with Crippen molar-refractivity contribution in [3.63, 3.8) is 0 Å². The summed E-state index contributed by atoms with van der Waals surface area (Å²) in [4.78, 5) is 11.8. The average molecular weight is 291 g/mol. The predicted molar refractivity (Wildman–Crippen MR) is 65.8 cm³/mol. The zero-order valence-electron chi connectivity index (χ0n) is 11.1. The van der Waals surface area contributed by atoms with Crippen LogP contribution in [-0.2, 0) is 0 Å². The Morgan fingerprint density at radius 2 is 1.90 bits per heavy atom. The van der Waals surface area contributed by atoms with Crippen molar-refractivity contribution in [2.24, 2.45) is 5.92 Å². The largest absolute Gasteiger partial charge is 0.503 e. The lowest BCUT2D eigenvalue weighted by molar-refractivity contribution is 0.0902. The number of aliphatic hydroxyl groups excluding tert-OH is 1. The Hall–Kier alpha value is -1.76. The molecule has 4 nitrogen and oxygen atoms in total. The minimum absolute atomic E-state index is 0.163. The minimum Gasteiger partial charge on any atom is -0.503 e. The zero-order chi connectivity index (χ0) is 15.4. The monoisotopic (exact) mass is 291 g/mol. The van der Waals surface area contributed by atoms with Crippen LogP contribution in [0.25, 0.3) is 0 Å². The number of phenols is 1. The first-order chi connectivity index (χ1) is 9.27. The number of hydrogen-bond donors (Lipinski definition) is 3. The van der Waals surface area contributed by atoms with Gasteiger partial charge in [-0.05, 0) is 18.4 Å². The topological polar surface area (TPSA) is 69.6 Å². The molecule has 0 heterocycles. The van der Waals surface area contributed by atoms with E-state index in [1.54, 1.807) is 0 Å². The molecule has 0 saturated heterocycles. The highest BCUT2D eigenvalue weighted by Crippen LogP contribution is 2.25. The third kappa shape index (κ3) is 3.63. The molecule has 1 aromatic carbocycles. The Bertz CT molecular complexity index is 506. The van der Waals surface area contributed by atoms with E-state index in [1.807, 2.05) is 13.8 Å². The lowest BCUT2D eigenvalue weighted by Gasteiger charge is -2.18. The molecule has 0 bridgehead atoms. The van der Waals surface area contributed by atoms with E-state index < -0.39 is 40.7 Å². The molecule has 112 valence electrons. The summed E-state index contributed by atoms with van der Waals surface area (Å²) in [5.74, 6) is -7.23. The number of halogens is 3. The summed E-state index contributed by atoms with van der Waals surface area (Å²) < 4.78 is 39.5. The van der Waals surface area contributed by atoms with Crippen molar-refractivity contribution in [3.05, 3.63) is 29.1 Å². The molecule has 0 aliphatic heterocycles. The molecular formula is C13H16F3NO3. The zero-order valence-corrected chi connectivity index (χ0v) is 11.1. The van der Waals surface area contributed by atoms with E-state index in [9.17, 15) is 18.0 Å². The fourth-order valence-corrected chi connectivity index (χ4v) is 1.77. The first kappa shape index (κ1) is 16.3. The van der Waals surface area contributed by atoms with Crippen LogP contribution in [0.1, 0.15) is 30.6 Å². The van der Waals surface area contributed by atoms with E-state index in [4.69, 9.17) is 10.2 Å². The van der Waals surface area contributed by atoms with Gasteiger partial charge >= 0.3 is 0 Å². The smallest absolute Gasteiger partial charge is 0.254 e. The summed E-state index contributed by atoms with van der Waals surface area (Å²) in [6, 6.07) is -0.277. The molecule has 0 aliphatic carbocycles. The van der Waals surface area contributed by atoms with Crippen molar-refractivity contribution in [3.8, 4) is 5.75 Å². The van der Waals surface area contributed by atoms with Gasteiger partial charge in [-0.15, -0.1) is 0 Å². The second-order valence-electron chi connectivity index (χ2n) is 4.87. The van der Waals surface area contributed by atoms with E-state index in [2.05, 4.69) is 5.32 Å². The Kier molecular flexibility index (Phi) is 5.38. The fraction of sp³-hybridized carbons (Fsp3) is 0.462. The van der Waals surface area contributed by atoms with Crippen molar-refractivity contribution in [1.82, 2.24) is 5.32 Å². The van der Waals surface area contributed by atoms with E-state index >= 15 is 0 Å². The van der Waals surface area contributed by atoms with E-state index in [1.165, 1.54) is 0 Å². The number of aromatic hydroxyl groups is 1. The van der Waals surface area contributed by atoms with Gasteiger partial charge in [-0.2, -0.15) is 4.39 Å². The highest BCUT2D eigenvalue weighted by atomic mass is 19.2. The normalized spacial score (nSPS) is 12.6. The first-order valence-corrected chi connectivity index (χ1v) is 6.06. The van der Waals surface area contributed by atoms with Crippen LogP contribution in [0.15, 0.2) is 6.07 Å². The Labute approximate surface area is 114 Å². The van der Waals surface area contributed by atoms with Crippen LogP contribution in [0.3, 0.4) is 0 Å². The second-order valence-corrected chi connectivity index (χ2v) is 4.87. The van der Waals surface area contributed by atoms with Crippen molar-refractivity contribution in [1.29, 1.82) is 0 Å². The van der Waals surface area contributed by atoms with Gasteiger partial charge in [0.1, 0.15) is 0 Å². The van der Waals surface area contributed by atoms with Crippen LogP contribution in [0.4, 0.5) is 13.2 Å². The third-order valence-corrected chi connectivity index (χ3v) is 2.69. The Morgan fingerprint density at radius 1 is 1.30 bits per heavy atom. The minimum atomic E-state index is -1.75. The highest BCUT2D eigenvalue weighted by Gasteiger charge is 2.24. The van der Waals surface area contributed by atoms with E-state index in [0.717, 1.165) is 0 Å². The summed E-state index contributed by atoms with van der Waals surface area (Å²) in [5.41, 5.74) is -0.816. The number of carbonyl (C=O) groups is 1. The average Bonchev–Trinajstić information content (AvgIpc) is 2.38. The molecule has 0 fully saturated rings. The van der Waals surface area contributed by atoms with Crippen molar-refractivity contribution < 1.29 is 28.2 Å². The molecule has 1 atom stereocenters. The number of hydrogen-bond acceptors (Lipinski definition) is 3. The van der Waals surface area contributed by atoms with Gasteiger partial charge in [0.15, 0.2) is 17.4 Å². The lowest BCUT2D eigenvalue weighted by Crippen LogP contribution is -2.38. The molecule has 0 saturated carbocycles. The summed E-state index contributed by atoms with van der Waals surface area (Å²) in [6.07, 6.45) is 0.430. The number of aliphatic hydroxyl groups is 1. The van der Waals surface area contributed by atoms with Gasteiger partial charge in [0.05, 0.1) is 18.2 Å². The lowest BCUT2D eigenvalue weighted by atomic mass is 10.0. The molecule has 20 heavy (non-hydrogen) atoms. The number of amides is 1. The quantitative estimate of drug-likeness (QED) is 0.726. The number of phenolic OH excluding ortho intramolecular Hbond substituents is 1. The molecule has 3 N–H and O–H groups in total. The van der Waals surface area contributed by atoms with Crippen LogP contribution in [-0.4, -0.2) is 28.8 Å². The van der Waals surface area contributed by atoms with Gasteiger partial charge in [-0.25, -0.2) is 8.78 Å². The molecule has 1 amide bonds. The molecular weight excluding hydrogens is 275 g/mol. The predicted octanol–water partition coefficient (Wildman–Crippen LogP) is 1.95. The fourth-order valence-electron chi connectivity index (χ4n) is 1.77. The van der Waals surface area contributed by atoms with Gasteiger partial charge in [-0.3, -0.25) is 4.79 Å². The van der Waals surface area contributed by atoms with E-state index in [0.29, 0.717) is 12.5 Å². The molecule has 7 heteroatoms. The van der Waals surface area contributed by atoms with Crippen molar-refractivity contribution in [2.45, 2.75) is 26.3 Å². The summed E-state index contributed by atoms with van der Waals surface area (Å²) in [5, 5.41) is 20.4. The summed E-state index contributed by atoms with van der Waals surface area (Å²) in [7, 11) is 0. The van der Waals surface area contributed by atoms with Gasteiger partial charge in [-0.1, -0.05) is 13.8 Å². The van der Waals surface area contributed by atoms with Gasteiger partial charge in [0, 0.05) is 0 Å². The van der Waals surface area contributed by atoms with Gasteiger partial charge in [0.25, 0.3) is 5.91 Å². The van der Waals surface area contributed by atoms with Gasteiger partial charge < -0.3 is 15.5 Å². The molecule has 0 aliphatic rings. The molecule has 0 spiro atoms. The highest BCUT2D eigenvalue weighted by molar-refractivity contribution is 5.95. The Morgan fingerprint density at radius 3 is 2.40 bits per heavy atom. The number of carbonyl (C=O) groups excluding carboxylic acids is 1. The SMILES string of the molecule is CC(C)CC(CO)NC(=O)c1cc(F)c(F)c(O)c1F. The number of benzene rings is 1. The molecule has 1 unspecified atom stereocenters. The second kappa shape index (κ2) is 6.60. The number of rotatable bonds is 5. The summed E-state index contributed by atoms with van der Waals surface area (Å²) >= 11 is 0. The maximum atomic E-state index is 13.5. The van der Waals surface area contributed by atoms with E-state index in [-0.39, 0.29) is 12.5 Å². The first-order valence-electron chi connectivity index (χ1n) is 6.06. The molecule has 1 aromatic rings.